The fourth-order valence-corrected chi connectivity index (χ4v) is 2.82. The number of hydrogen-bond donors (Lipinski definition) is 2. The largest absolute Gasteiger partial charge is 0.508 e. The standard InChI is InChI=1S/C14H18ClNO3/c15-6-5-10-2-1-7-16(9-10)14(19)12-4-3-11(17)8-13(12)18/h3-4,8,10,17-18H,1-2,5-7,9H2. The molecule has 5 heteroatoms. The highest BCUT2D eigenvalue weighted by atomic mass is 35.5. The molecule has 0 radical (unpaired) electrons. The van der Waals surface area contributed by atoms with Crippen molar-refractivity contribution in [1.82, 2.24) is 4.90 Å². The van der Waals surface area contributed by atoms with E-state index < -0.39 is 0 Å². The molecule has 1 aromatic rings. The lowest BCUT2D eigenvalue weighted by molar-refractivity contribution is 0.0668. The zero-order valence-electron chi connectivity index (χ0n) is 10.7. The molecule has 2 rings (SSSR count). The zero-order valence-corrected chi connectivity index (χ0v) is 11.4. The number of likely N-dealkylation sites (tertiary alicyclic amines) is 1. The van der Waals surface area contributed by atoms with E-state index in [1.54, 1.807) is 4.90 Å². The molecule has 1 aliphatic heterocycles. The maximum atomic E-state index is 12.3. The Hall–Kier alpha value is -1.42. The van der Waals surface area contributed by atoms with Crippen molar-refractivity contribution in [1.29, 1.82) is 0 Å². The van der Waals surface area contributed by atoms with Crippen LogP contribution in [0.1, 0.15) is 29.6 Å². The number of amides is 1. The first-order chi connectivity index (χ1) is 9.11. The first-order valence-corrected chi connectivity index (χ1v) is 7.02. The van der Waals surface area contributed by atoms with Crippen molar-refractivity contribution in [3.63, 3.8) is 0 Å². The van der Waals surface area contributed by atoms with Gasteiger partial charge in [-0.1, -0.05) is 0 Å². The Labute approximate surface area is 117 Å². The van der Waals surface area contributed by atoms with Crippen LogP contribution >= 0.6 is 11.6 Å². The molecule has 0 aromatic heterocycles. The highest BCUT2D eigenvalue weighted by Gasteiger charge is 2.25. The summed E-state index contributed by atoms with van der Waals surface area (Å²) in [6.45, 7) is 1.39. The molecule has 1 aliphatic rings. The Bertz CT molecular complexity index is 462. The van der Waals surface area contributed by atoms with E-state index in [1.165, 1.54) is 18.2 Å². The molecule has 19 heavy (non-hydrogen) atoms. The van der Waals surface area contributed by atoms with Crippen molar-refractivity contribution in [3.8, 4) is 11.5 Å². The van der Waals surface area contributed by atoms with E-state index in [2.05, 4.69) is 0 Å². The van der Waals surface area contributed by atoms with Crippen LogP contribution in [0.3, 0.4) is 0 Å². The van der Waals surface area contributed by atoms with E-state index in [1.807, 2.05) is 0 Å². The maximum Gasteiger partial charge on any atom is 0.257 e. The van der Waals surface area contributed by atoms with Gasteiger partial charge in [0.25, 0.3) is 5.91 Å². The van der Waals surface area contributed by atoms with E-state index in [0.717, 1.165) is 19.3 Å². The number of halogens is 1. The number of aromatic hydroxyl groups is 2. The second-order valence-electron chi connectivity index (χ2n) is 4.94. The third-order valence-corrected chi connectivity index (χ3v) is 3.75. The molecule has 0 saturated carbocycles. The highest BCUT2D eigenvalue weighted by Crippen LogP contribution is 2.27. The first-order valence-electron chi connectivity index (χ1n) is 6.49. The lowest BCUT2D eigenvalue weighted by Gasteiger charge is -2.32. The zero-order chi connectivity index (χ0) is 13.8. The van der Waals surface area contributed by atoms with Crippen molar-refractivity contribution >= 4 is 17.5 Å². The average Bonchev–Trinajstić information content (AvgIpc) is 2.39. The molecule has 2 N–H and O–H groups in total. The Kier molecular flexibility index (Phi) is 4.53. The van der Waals surface area contributed by atoms with Gasteiger partial charge in [-0.25, -0.2) is 0 Å². The number of phenolic OH excluding ortho intramolecular Hbond substituents is 2. The van der Waals surface area contributed by atoms with Gasteiger partial charge in [0.15, 0.2) is 0 Å². The summed E-state index contributed by atoms with van der Waals surface area (Å²) in [4.78, 5) is 14.1. The first kappa shape index (κ1) is 14.0. The van der Waals surface area contributed by atoms with E-state index in [-0.39, 0.29) is 23.0 Å². The van der Waals surface area contributed by atoms with Gasteiger partial charge in [-0.15, -0.1) is 11.6 Å². The Balaban J connectivity index is 2.10. The van der Waals surface area contributed by atoms with Gasteiger partial charge in [-0.05, 0) is 37.3 Å². The number of piperidine rings is 1. The number of alkyl halides is 1. The van der Waals surface area contributed by atoms with E-state index in [9.17, 15) is 15.0 Å². The molecule has 1 unspecified atom stereocenters. The molecule has 0 spiro atoms. The third kappa shape index (κ3) is 3.32. The van der Waals surface area contributed by atoms with Crippen LogP contribution in [-0.4, -0.2) is 40.0 Å². The highest BCUT2D eigenvalue weighted by molar-refractivity contribution is 6.17. The average molecular weight is 284 g/mol. The normalized spacial score (nSPS) is 19.4. The van der Waals surface area contributed by atoms with Crippen LogP contribution < -0.4 is 0 Å². The SMILES string of the molecule is O=C(c1ccc(O)cc1O)N1CCCC(CCCl)C1. The molecule has 0 aliphatic carbocycles. The quantitative estimate of drug-likeness (QED) is 0.838. The number of rotatable bonds is 3. The summed E-state index contributed by atoms with van der Waals surface area (Å²) in [5.41, 5.74) is 0.240. The Morgan fingerprint density at radius 3 is 2.89 bits per heavy atom. The number of phenols is 2. The molecule has 1 atom stereocenters. The number of hydrogen-bond acceptors (Lipinski definition) is 3. The third-order valence-electron chi connectivity index (χ3n) is 3.54. The minimum Gasteiger partial charge on any atom is -0.508 e. The van der Waals surface area contributed by atoms with Crippen molar-refractivity contribution in [2.45, 2.75) is 19.3 Å². The number of carbonyl (C=O) groups is 1. The van der Waals surface area contributed by atoms with Crippen molar-refractivity contribution in [2.75, 3.05) is 19.0 Å². The van der Waals surface area contributed by atoms with Gasteiger partial charge in [0.05, 0.1) is 5.56 Å². The lowest BCUT2D eigenvalue weighted by Crippen LogP contribution is -2.40. The van der Waals surface area contributed by atoms with Crippen LogP contribution in [0.2, 0.25) is 0 Å². The summed E-state index contributed by atoms with van der Waals surface area (Å²) >= 11 is 5.75. The monoisotopic (exact) mass is 283 g/mol. The predicted octanol–water partition coefficient (Wildman–Crippen LogP) is 2.58. The summed E-state index contributed by atoms with van der Waals surface area (Å²) < 4.78 is 0. The van der Waals surface area contributed by atoms with Crippen molar-refractivity contribution in [3.05, 3.63) is 23.8 Å². The van der Waals surface area contributed by atoms with Crippen molar-refractivity contribution in [2.24, 2.45) is 5.92 Å². The maximum absolute atomic E-state index is 12.3. The predicted molar refractivity (Wildman–Crippen MR) is 73.7 cm³/mol. The molecular weight excluding hydrogens is 266 g/mol. The summed E-state index contributed by atoms with van der Waals surface area (Å²) in [6.07, 6.45) is 2.97. The van der Waals surface area contributed by atoms with Crippen LogP contribution in [-0.2, 0) is 0 Å². The minimum atomic E-state index is -0.184. The molecule has 1 aromatic carbocycles. The molecule has 1 heterocycles. The van der Waals surface area contributed by atoms with Crippen molar-refractivity contribution < 1.29 is 15.0 Å². The van der Waals surface area contributed by atoms with Crippen LogP contribution in [0.25, 0.3) is 0 Å². The lowest BCUT2D eigenvalue weighted by atomic mass is 9.95. The Morgan fingerprint density at radius 1 is 1.42 bits per heavy atom. The van der Waals surface area contributed by atoms with E-state index >= 15 is 0 Å². The molecule has 104 valence electrons. The second-order valence-corrected chi connectivity index (χ2v) is 5.32. The molecular formula is C14H18ClNO3. The number of benzene rings is 1. The van der Waals surface area contributed by atoms with Gasteiger partial charge in [0.2, 0.25) is 0 Å². The fraction of sp³-hybridized carbons (Fsp3) is 0.500. The van der Waals surface area contributed by atoms with Gasteiger partial charge in [-0.3, -0.25) is 4.79 Å². The van der Waals surface area contributed by atoms with Crippen LogP contribution in [0.15, 0.2) is 18.2 Å². The fourth-order valence-electron chi connectivity index (χ4n) is 2.51. The van der Waals surface area contributed by atoms with Gasteiger partial charge < -0.3 is 15.1 Å². The second kappa shape index (κ2) is 6.15. The summed E-state index contributed by atoms with van der Waals surface area (Å²) in [7, 11) is 0. The molecule has 1 amide bonds. The van der Waals surface area contributed by atoms with Gasteiger partial charge in [0, 0.05) is 25.0 Å². The summed E-state index contributed by atoms with van der Waals surface area (Å²) in [6, 6.07) is 4.05. The molecule has 1 saturated heterocycles. The van der Waals surface area contributed by atoms with Gasteiger partial charge in [-0.2, -0.15) is 0 Å². The van der Waals surface area contributed by atoms with Gasteiger partial charge >= 0.3 is 0 Å². The molecule has 1 fully saturated rings. The van der Waals surface area contributed by atoms with Gasteiger partial charge in [0.1, 0.15) is 11.5 Å². The van der Waals surface area contributed by atoms with E-state index in [4.69, 9.17) is 11.6 Å². The van der Waals surface area contributed by atoms with Crippen LogP contribution in [0.4, 0.5) is 0 Å². The Morgan fingerprint density at radius 2 is 2.21 bits per heavy atom. The number of nitrogens with zero attached hydrogens (tertiary/aromatic N) is 1. The topological polar surface area (TPSA) is 60.8 Å². The smallest absolute Gasteiger partial charge is 0.257 e. The van der Waals surface area contributed by atoms with E-state index in [0.29, 0.717) is 24.9 Å². The summed E-state index contributed by atoms with van der Waals surface area (Å²) in [5, 5.41) is 19.0. The minimum absolute atomic E-state index is 0.0484. The van der Waals surface area contributed by atoms with Crippen LogP contribution in [0.5, 0.6) is 11.5 Å². The molecule has 4 nitrogen and oxygen atoms in total. The molecule has 0 bridgehead atoms. The van der Waals surface area contributed by atoms with Crippen LogP contribution in [0, 0.1) is 5.92 Å². The summed E-state index contributed by atoms with van der Waals surface area (Å²) in [5.74, 6) is 0.639. The number of carbonyl (C=O) groups excluding carboxylic acids is 1.